The Hall–Kier alpha value is -4.27. The first-order valence-electron chi connectivity index (χ1n) is 12.9. The molecule has 2 aromatic carbocycles. The van der Waals surface area contributed by atoms with Gasteiger partial charge in [-0.05, 0) is 42.9 Å². The maximum absolute atomic E-state index is 9.86. The second-order valence-electron chi connectivity index (χ2n) is 9.01. The molecule has 1 unspecified atom stereocenters. The molecule has 0 aliphatic rings. The largest absolute Gasteiger partial charge is 0.349 e. The molecule has 38 heavy (non-hydrogen) atoms. The van der Waals surface area contributed by atoms with Gasteiger partial charge in [0.25, 0.3) is 0 Å². The molecular weight excluding hydrogens is 490 g/mol. The molecule has 0 spiro atoms. The third-order valence-electron chi connectivity index (χ3n) is 6.72. The quantitative estimate of drug-likeness (QED) is 0.197. The lowest BCUT2D eigenvalue weighted by molar-refractivity contribution is 0.731. The summed E-state index contributed by atoms with van der Waals surface area (Å²) in [6.45, 7) is 10.7. The van der Waals surface area contributed by atoms with Crippen LogP contribution in [0, 0.1) is 22.7 Å². The Morgan fingerprint density at radius 2 is 1.68 bits per heavy atom. The van der Waals surface area contributed by atoms with Gasteiger partial charge in [-0.3, -0.25) is 0 Å². The maximum Gasteiger partial charge on any atom is 0.195 e. The number of aromatic nitrogens is 2. The summed E-state index contributed by atoms with van der Waals surface area (Å²) in [7, 11) is 0. The lowest BCUT2D eigenvalue weighted by Gasteiger charge is -2.16. The molecule has 0 N–H and O–H groups in total. The average Bonchev–Trinajstić information content (AvgIpc) is 3.53. The van der Waals surface area contributed by atoms with E-state index in [0.717, 1.165) is 40.6 Å². The fourth-order valence-electron chi connectivity index (χ4n) is 4.23. The van der Waals surface area contributed by atoms with Crippen LogP contribution in [-0.4, -0.2) is 22.6 Å². The van der Waals surface area contributed by atoms with Crippen molar-refractivity contribution in [1.29, 1.82) is 10.5 Å². The van der Waals surface area contributed by atoms with Crippen molar-refractivity contribution in [2.24, 2.45) is 10.2 Å². The molecular formula is C30H31N7S. The molecule has 8 heteroatoms. The zero-order valence-electron chi connectivity index (χ0n) is 22.2. The normalized spacial score (nSPS) is 11.8. The Bertz CT molecular complexity index is 1480. The lowest BCUT2D eigenvalue weighted by Crippen LogP contribution is -2.21. The summed E-state index contributed by atoms with van der Waals surface area (Å²) >= 11 is 1.58. The predicted octanol–water partition coefficient (Wildman–Crippen LogP) is 8.18. The fourth-order valence-corrected chi connectivity index (χ4v) is 5.36. The van der Waals surface area contributed by atoms with Crippen LogP contribution < -0.4 is 4.90 Å². The van der Waals surface area contributed by atoms with Crippen molar-refractivity contribution in [3.63, 3.8) is 0 Å². The van der Waals surface area contributed by atoms with Crippen LogP contribution in [0.25, 0.3) is 10.4 Å². The molecule has 0 aliphatic carbocycles. The molecule has 0 amide bonds. The Kier molecular flexibility index (Phi) is 8.68. The molecule has 2 heterocycles. The number of thiazole rings is 1. The minimum Gasteiger partial charge on any atom is -0.349 e. The molecule has 192 valence electrons. The number of benzene rings is 2. The predicted molar refractivity (Wildman–Crippen MR) is 153 cm³/mol. The van der Waals surface area contributed by atoms with Gasteiger partial charge < -0.3 is 9.47 Å². The van der Waals surface area contributed by atoms with Gasteiger partial charge in [-0.15, -0.1) is 10.2 Å². The topological polar surface area (TPSA) is 93.4 Å². The molecule has 0 saturated heterocycles. The van der Waals surface area contributed by atoms with E-state index >= 15 is 0 Å². The second-order valence-corrected chi connectivity index (χ2v) is 9.99. The summed E-state index contributed by atoms with van der Waals surface area (Å²) in [5.74, 6) is 1.45. The number of azo groups is 1. The van der Waals surface area contributed by atoms with Gasteiger partial charge in [-0.2, -0.15) is 15.5 Å². The Morgan fingerprint density at radius 1 is 0.974 bits per heavy atom. The maximum atomic E-state index is 9.86. The van der Waals surface area contributed by atoms with Gasteiger partial charge in [0.05, 0.1) is 17.0 Å². The van der Waals surface area contributed by atoms with Crippen LogP contribution in [-0.2, 0) is 6.54 Å². The van der Waals surface area contributed by atoms with Crippen LogP contribution >= 0.6 is 11.3 Å². The van der Waals surface area contributed by atoms with Gasteiger partial charge in [0.1, 0.15) is 17.8 Å². The summed E-state index contributed by atoms with van der Waals surface area (Å²) in [6.07, 6.45) is 1.07. The highest BCUT2D eigenvalue weighted by atomic mass is 32.1. The number of nitrogens with zero attached hydrogens (tertiary/aromatic N) is 7. The highest BCUT2D eigenvalue weighted by Crippen LogP contribution is 2.40. The number of rotatable bonds is 10. The van der Waals surface area contributed by atoms with Crippen LogP contribution in [0.5, 0.6) is 0 Å². The molecule has 7 nitrogen and oxygen atoms in total. The van der Waals surface area contributed by atoms with Crippen molar-refractivity contribution >= 4 is 28.1 Å². The second kappa shape index (κ2) is 12.3. The van der Waals surface area contributed by atoms with E-state index in [9.17, 15) is 10.5 Å². The summed E-state index contributed by atoms with van der Waals surface area (Å²) in [5.41, 5.74) is 3.88. The molecule has 2 aromatic heterocycles. The molecule has 0 bridgehead atoms. The van der Waals surface area contributed by atoms with Crippen molar-refractivity contribution in [3.8, 4) is 22.6 Å². The van der Waals surface area contributed by atoms with Crippen molar-refractivity contribution in [2.75, 3.05) is 18.0 Å². The van der Waals surface area contributed by atoms with E-state index < -0.39 is 0 Å². The third-order valence-corrected chi connectivity index (χ3v) is 7.87. The fraction of sp³-hybridized carbons (Fsp3) is 0.300. The van der Waals surface area contributed by atoms with E-state index in [1.807, 2.05) is 30.3 Å². The average molecular weight is 522 g/mol. The van der Waals surface area contributed by atoms with Crippen LogP contribution in [0.1, 0.15) is 62.4 Å². The molecule has 1 atom stereocenters. The Morgan fingerprint density at radius 3 is 2.29 bits per heavy atom. The molecule has 0 aliphatic heterocycles. The van der Waals surface area contributed by atoms with E-state index in [-0.39, 0.29) is 11.3 Å². The highest BCUT2D eigenvalue weighted by Gasteiger charge is 2.18. The zero-order valence-corrected chi connectivity index (χ0v) is 23.0. The van der Waals surface area contributed by atoms with Crippen molar-refractivity contribution < 1.29 is 0 Å². The molecule has 4 aromatic rings. The Balaban J connectivity index is 1.74. The van der Waals surface area contributed by atoms with Gasteiger partial charge >= 0.3 is 0 Å². The summed E-state index contributed by atoms with van der Waals surface area (Å²) in [5, 5.41) is 29.5. The van der Waals surface area contributed by atoms with Crippen LogP contribution in [0.4, 0.5) is 16.8 Å². The number of hydrogen-bond donors (Lipinski definition) is 0. The first-order chi connectivity index (χ1) is 18.5. The van der Waals surface area contributed by atoms with Crippen molar-refractivity contribution in [3.05, 3.63) is 83.0 Å². The number of nitriles is 2. The summed E-state index contributed by atoms with van der Waals surface area (Å²) in [6, 6.07) is 24.3. The lowest BCUT2D eigenvalue weighted by atomic mass is 9.98. The summed E-state index contributed by atoms with van der Waals surface area (Å²) in [4.78, 5) is 7.92. The van der Waals surface area contributed by atoms with Gasteiger partial charge in [-0.25, -0.2) is 0 Å². The van der Waals surface area contributed by atoms with Crippen molar-refractivity contribution in [2.45, 2.75) is 46.6 Å². The van der Waals surface area contributed by atoms with Gasteiger partial charge in [0.15, 0.2) is 16.8 Å². The molecule has 0 radical (unpaired) electrons. The smallest absolute Gasteiger partial charge is 0.195 e. The molecule has 4 rings (SSSR count). The highest BCUT2D eigenvalue weighted by molar-refractivity contribution is 7.19. The minimum absolute atomic E-state index is 0.276. The van der Waals surface area contributed by atoms with Gasteiger partial charge in [0.2, 0.25) is 0 Å². The SMILES string of the molecule is CCC(C)c1ccc(Cn2c(/N=N/c3nc(N(CC)CC)sc3-c3ccccc3)cc(C#N)c2C#N)cc1. The van der Waals surface area contributed by atoms with Crippen LogP contribution in [0.15, 0.2) is 70.9 Å². The summed E-state index contributed by atoms with van der Waals surface area (Å²) < 4.78 is 1.75. The number of hydrogen-bond acceptors (Lipinski definition) is 7. The zero-order chi connectivity index (χ0) is 27.1. The molecule has 0 saturated carbocycles. The van der Waals surface area contributed by atoms with Gasteiger partial charge in [0, 0.05) is 19.2 Å². The van der Waals surface area contributed by atoms with E-state index in [2.05, 4.69) is 79.2 Å². The van der Waals surface area contributed by atoms with Crippen LogP contribution in [0.2, 0.25) is 0 Å². The third kappa shape index (κ3) is 5.66. The van der Waals surface area contributed by atoms with E-state index in [1.54, 1.807) is 22.0 Å². The molecule has 0 fully saturated rings. The Labute approximate surface area is 228 Å². The number of anilines is 1. The van der Waals surface area contributed by atoms with E-state index in [4.69, 9.17) is 4.98 Å². The first-order valence-corrected chi connectivity index (χ1v) is 13.7. The minimum atomic E-state index is 0.276. The monoisotopic (exact) mass is 521 g/mol. The van der Waals surface area contributed by atoms with Crippen molar-refractivity contribution in [1.82, 2.24) is 9.55 Å². The standard InChI is InChI=1S/C30H31N7S/c1-5-21(4)23-15-13-22(14-16-23)20-37-26(19-32)25(18-31)17-27(37)34-35-29-28(24-11-9-8-10-12-24)38-30(33-29)36(6-2)7-3/h8-17,21H,5-7,20H2,1-4H3/b35-34+. The first kappa shape index (κ1) is 26.8. The van der Waals surface area contributed by atoms with Crippen LogP contribution in [0.3, 0.4) is 0 Å². The van der Waals surface area contributed by atoms with E-state index in [1.165, 1.54) is 5.56 Å². The van der Waals surface area contributed by atoms with Gasteiger partial charge in [-0.1, -0.05) is 79.8 Å². The van der Waals surface area contributed by atoms with E-state index in [0.29, 0.717) is 24.1 Å².